The fourth-order valence-electron chi connectivity index (χ4n) is 3.14. The second-order valence-electron chi connectivity index (χ2n) is 6.36. The van der Waals surface area contributed by atoms with Crippen LogP contribution in [0.4, 0.5) is 0 Å². The van der Waals surface area contributed by atoms with E-state index >= 15 is 0 Å². The molecule has 0 bridgehead atoms. The molecular weight excluding hydrogens is 431 g/mol. The Morgan fingerprint density at radius 1 is 1.29 bits per heavy atom. The zero-order valence-electron chi connectivity index (χ0n) is 15.2. The van der Waals surface area contributed by atoms with Crippen molar-refractivity contribution in [3.63, 3.8) is 0 Å². The van der Waals surface area contributed by atoms with E-state index in [-0.39, 0.29) is 24.0 Å². The molecule has 2 N–H and O–H groups in total. The third-order valence-electron chi connectivity index (χ3n) is 4.55. The predicted octanol–water partition coefficient (Wildman–Crippen LogP) is 3.36. The van der Waals surface area contributed by atoms with Gasteiger partial charge in [-0.05, 0) is 45.2 Å². The van der Waals surface area contributed by atoms with E-state index in [4.69, 9.17) is 0 Å². The highest BCUT2D eigenvalue weighted by molar-refractivity contribution is 14.0. The van der Waals surface area contributed by atoms with Crippen molar-refractivity contribution in [1.29, 1.82) is 0 Å². The molecule has 1 aromatic carbocycles. The van der Waals surface area contributed by atoms with Gasteiger partial charge in [-0.25, -0.2) is 0 Å². The fourth-order valence-corrected chi connectivity index (χ4v) is 3.94. The summed E-state index contributed by atoms with van der Waals surface area (Å²) in [7, 11) is 6.09. The molecule has 136 valence electrons. The highest BCUT2D eigenvalue weighted by Gasteiger charge is 2.24. The molecule has 2 rings (SSSR count). The van der Waals surface area contributed by atoms with Gasteiger partial charge in [0.1, 0.15) is 0 Å². The minimum Gasteiger partial charge on any atom is -0.354 e. The summed E-state index contributed by atoms with van der Waals surface area (Å²) < 4.78 is 0. The number of nitrogens with one attached hydrogen (secondary N) is 2. The minimum absolute atomic E-state index is 0. The summed E-state index contributed by atoms with van der Waals surface area (Å²) in [6.07, 6.45) is 5.99. The Labute approximate surface area is 168 Å². The van der Waals surface area contributed by atoms with Gasteiger partial charge >= 0.3 is 0 Å². The molecule has 0 aliphatic heterocycles. The zero-order valence-corrected chi connectivity index (χ0v) is 18.3. The number of halogens is 1. The van der Waals surface area contributed by atoms with Crippen LogP contribution in [0.25, 0.3) is 0 Å². The summed E-state index contributed by atoms with van der Waals surface area (Å²) in [6.45, 7) is 0.843. The van der Waals surface area contributed by atoms with Gasteiger partial charge in [-0.15, -0.1) is 24.0 Å². The van der Waals surface area contributed by atoms with Gasteiger partial charge in [0, 0.05) is 24.9 Å². The number of likely N-dealkylation sites (N-methyl/N-ethyl adjacent to an activating group) is 1. The number of aliphatic imine (C=N–C) groups is 1. The zero-order chi connectivity index (χ0) is 16.7. The van der Waals surface area contributed by atoms with E-state index in [1.165, 1.54) is 24.8 Å². The van der Waals surface area contributed by atoms with Crippen LogP contribution in [0.5, 0.6) is 0 Å². The lowest BCUT2D eigenvalue weighted by Crippen LogP contribution is -2.45. The van der Waals surface area contributed by atoms with Crippen molar-refractivity contribution in [2.45, 2.75) is 36.6 Å². The summed E-state index contributed by atoms with van der Waals surface area (Å²) in [5.41, 5.74) is 1.32. The Morgan fingerprint density at radius 3 is 2.54 bits per heavy atom. The molecule has 0 aromatic heterocycles. The normalized spacial score (nSPS) is 22.1. The van der Waals surface area contributed by atoms with E-state index < -0.39 is 0 Å². The first-order valence-corrected chi connectivity index (χ1v) is 9.64. The molecule has 0 spiro atoms. The summed E-state index contributed by atoms with van der Waals surface area (Å²) in [4.78, 5) is 6.64. The van der Waals surface area contributed by atoms with Crippen molar-refractivity contribution in [1.82, 2.24) is 15.5 Å². The number of nitrogens with zero attached hydrogens (tertiary/aromatic N) is 2. The number of guanidine groups is 1. The van der Waals surface area contributed by atoms with Crippen LogP contribution in [0.3, 0.4) is 0 Å². The van der Waals surface area contributed by atoms with E-state index in [1.807, 2.05) is 18.8 Å². The van der Waals surface area contributed by atoms with Gasteiger partial charge in [0.2, 0.25) is 0 Å². The Hall–Kier alpha value is -0.470. The van der Waals surface area contributed by atoms with Crippen molar-refractivity contribution in [3.05, 3.63) is 35.9 Å². The van der Waals surface area contributed by atoms with Crippen LogP contribution in [0.2, 0.25) is 0 Å². The quantitative estimate of drug-likeness (QED) is 0.387. The van der Waals surface area contributed by atoms with Crippen LogP contribution >= 0.6 is 35.7 Å². The molecule has 0 heterocycles. The second kappa shape index (κ2) is 11.2. The predicted molar refractivity (Wildman–Crippen MR) is 118 cm³/mol. The molecule has 0 radical (unpaired) electrons. The molecule has 1 fully saturated rings. The lowest BCUT2D eigenvalue weighted by Gasteiger charge is -2.26. The van der Waals surface area contributed by atoms with Crippen LogP contribution in [-0.2, 0) is 0 Å². The van der Waals surface area contributed by atoms with Crippen LogP contribution in [0.1, 0.15) is 30.9 Å². The molecule has 0 saturated heterocycles. The number of hydrogen-bond acceptors (Lipinski definition) is 3. The van der Waals surface area contributed by atoms with E-state index in [9.17, 15) is 0 Å². The maximum Gasteiger partial charge on any atom is 0.191 e. The summed E-state index contributed by atoms with van der Waals surface area (Å²) in [5, 5.41) is 7.88. The fraction of sp³-hybridized carbons (Fsp3) is 0.611. The minimum atomic E-state index is 0. The first kappa shape index (κ1) is 21.6. The first-order valence-electron chi connectivity index (χ1n) is 8.35. The Morgan fingerprint density at radius 2 is 2.00 bits per heavy atom. The average Bonchev–Trinajstić information content (AvgIpc) is 3.02. The van der Waals surface area contributed by atoms with Gasteiger partial charge < -0.3 is 15.5 Å². The SMILES string of the molecule is CN=C(NCC(c1ccccc1)N(C)C)NC1CCC(SC)C1.I. The van der Waals surface area contributed by atoms with Crippen molar-refractivity contribution < 1.29 is 0 Å². The first-order chi connectivity index (χ1) is 11.1. The molecule has 24 heavy (non-hydrogen) atoms. The number of benzene rings is 1. The molecule has 1 aromatic rings. The number of rotatable bonds is 6. The Kier molecular flexibility index (Phi) is 10.1. The topological polar surface area (TPSA) is 39.7 Å². The average molecular weight is 462 g/mol. The maximum atomic E-state index is 4.40. The van der Waals surface area contributed by atoms with Crippen LogP contribution in [0.15, 0.2) is 35.3 Å². The third kappa shape index (κ3) is 6.44. The van der Waals surface area contributed by atoms with Gasteiger partial charge in [-0.1, -0.05) is 30.3 Å². The molecule has 3 unspecified atom stereocenters. The lowest BCUT2D eigenvalue weighted by atomic mass is 10.1. The van der Waals surface area contributed by atoms with E-state index in [2.05, 4.69) is 71.2 Å². The van der Waals surface area contributed by atoms with Crippen LogP contribution in [-0.4, -0.2) is 56.1 Å². The second-order valence-corrected chi connectivity index (χ2v) is 7.49. The van der Waals surface area contributed by atoms with Crippen LogP contribution in [0, 0.1) is 0 Å². The molecule has 6 heteroatoms. The van der Waals surface area contributed by atoms with Gasteiger partial charge in [0.25, 0.3) is 0 Å². The van der Waals surface area contributed by atoms with E-state index in [0.29, 0.717) is 12.1 Å². The van der Waals surface area contributed by atoms with Gasteiger partial charge in [0.05, 0.1) is 6.04 Å². The summed E-state index contributed by atoms with van der Waals surface area (Å²) in [5.74, 6) is 0.916. The molecule has 1 saturated carbocycles. The standard InChI is InChI=1S/C18H30N4S.HI/c1-19-18(21-15-10-11-16(12-15)23-4)20-13-17(22(2)3)14-8-6-5-7-9-14;/h5-9,15-17H,10-13H2,1-4H3,(H2,19,20,21);1H. The summed E-state index contributed by atoms with van der Waals surface area (Å²) in [6, 6.07) is 11.5. The molecule has 0 amide bonds. The molecule has 4 nitrogen and oxygen atoms in total. The van der Waals surface area contributed by atoms with Crippen molar-refractivity contribution in [3.8, 4) is 0 Å². The highest BCUT2D eigenvalue weighted by atomic mass is 127. The van der Waals surface area contributed by atoms with Gasteiger partial charge in [0.15, 0.2) is 5.96 Å². The number of thioether (sulfide) groups is 1. The van der Waals surface area contributed by atoms with Gasteiger partial charge in [-0.3, -0.25) is 4.99 Å². The van der Waals surface area contributed by atoms with Crippen molar-refractivity contribution >= 4 is 41.7 Å². The third-order valence-corrected chi connectivity index (χ3v) is 5.65. The molecule has 1 aliphatic carbocycles. The van der Waals surface area contributed by atoms with Gasteiger partial charge in [-0.2, -0.15) is 11.8 Å². The van der Waals surface area contributed by atoms with E-state index in [0.717, 1.165) is 17.8 Å². The highest BCUT2D eigenvalue weighted by Crippen LogP contribution is 2.28. The van der Waals surface area contributed by atoms with Crippen LogP contribution < -0.4 is 10.6 Å². The van der Waals surface area contributed by atoms with Crippen molar-refractivity contribution in [2.24, 2.45) is 4.99 Å². The Bertz CT molecular complexity index is 495. The molecular formula is C18H31IN4S. The maximum absolute atomic E-state index is 4.40. The smallest absolute Gasteiger partial charge is 0.191 e. The molecule has 3 atom stereocenters. The number of hydrogen-bond donors (Lipinski definition) is 2. The summed E-state index contributed by atoms with van der Waals surface area (Å²) >= 11 is 1.98. The lowest BCUT2D eigenvalue weighted by molar-refractivity contribution is 0.298. The Balaban J connectivity index is 0.00000288. The van der Waals surface area contributed by atoms with E-state index in [1.54, 1.807) is 0 Å². The monoisotopic (exact) mass is 462 g/mol. The molecule has 1 aliphatic rings. The largest absolute Gasteiger partial charge is 0.354 e. The van der Waals surface area contributed by atoms with Crippen molar-refractivity contribution in [2.75, 3.05) is 33.9 Å².